The van der Waals surface area contributed by atoms with Crippen molar-refractivity contribution in [1.29, 1.82) is 0 Å². The van der Waals surface area contributed by atoms with Crippen molar-refractivity contribution < 1.29 is 13.9 Å². The zero-order chi connectivity index (χ0) is 14.7. The number of benzene rings is 2. The van der Waals surface area contributed by atoms with Crippen LogP contribution in [0, 0.1) is 5.82 Å². The Morgan fingerprint density at radius 3 is 2.70 bits per heavy atom. The van der Waals surface area contributed by atoms with Crippen LogP contribution >= 0.6 is 31.9 Å². The summed E-state index contributed by atoms with van der Waals surface area (Å²) < 4.78 is 19.8. The molecule has 0 spiro atoms. The van der Waals surface area contributed by atoms with Gasteiger partial charge < -0.3 is 4.74 Å². The monoisotopic (exact) mass is 400 g/mol. The molecule has 0 unspecified atom stereocenters. The first kappa shape index (κ1) is 15.2. The van der Waals surface area contributed by atoms with E-state index < -0.39 is 0 Å². The molecule has 0 amide bonds. The topological polar surface area (TPSA) is 26.3 Å². The zero-order valence-electron chi connectivity index (χ0n) is 10.6. The van der Waals surface area contributed by atoms with E-state index in [1.54, 1.807) is 30.3 Å². The number of hydrogen-bond acceptors (Lipinski definition) is 2. The summed E-state index contributed by atoms with van der Waals surface area (Å²) in [5, 5.41) is 0. The normalized spacial score (nSPS) is 10.4. The summed E-state index contributed by atoms with van der Waals surface area (Å²) in [6, 6.07) is 9.85. The maximum atomic E-state index is 13.4. The minimum absolute atomic E-state index is 0.107. The van der Waals surface area contributed by atoms with Crippen LogP contribution in [0.15, 0.2) is 45.3 Å². The van der Waals surface area contributed by atoms with Gasteiger partial charge in [-0.15, -0.1) is 0 Å². The second kappa shape index (κ2) is 6.50. The Hall–Kier alpha value is -1.20. The summed E-state index contributed by atoms with van der Waals surface area (Å²) >= 11 is 6.49. The zero-order valence-corrected chi connectivity index (χ0v) is 13.8. The fourth-order valence-electron chi connectivity index (χ4n) is 1.85. The Labute approximate surface area is 133 Å². The summed E-state index contributed by atoms with van der Waals surface area (Å²) in [6.07, 6.45) is 0.107. The molecule has 2 nitrogen and oxygen atoms in total. The number of carbonyl (C=O) groups is 1. The van der Waals surface area contributed by atoms with E-state index in [1.807, 2.05) is 0 Å². The highest BCUT2D eigenvalue weighted by Gasteiger charge is 2.15. The van der Waals surface area contributed by atoms with E-state index >= 15 is 0 Å². The largest absolute Gasteiger partial charge is 0.496 e. The van der Waals surface area contributed by atoms with E-state index in [9.17, 15) is 9.18 Å². The van der Waals surface area contributed by atoms with Gasteiger partial charge in [0.25, 0.3) is 0 Å². The van der Waals surface area contributed by atoms with Crippen molar-refractivity contribution in [2.24, 2.45) is 0 Å². The quantitative estimate of drug-likeness (QED) is 0.688. The van der Waals surface area contributed by atoms with Crippen LogP contribution in [0.1, 0.15) is 15.9 Å². The van der Waals surface area contributed by atoms with Crippen molar-refractivity contribution in [3.8, 4) is 5.75 Å². The van der Waals surface area contributed by atoms with Gasteiger partial charge in [0.15, 0.2) is 5.78 Å². The highest BCUT2D eigenvalue weighted by molar-refractivity contribution is 9.10. The first-order valence-corrected chi connectivity index (χ1v) is 7.41. The fraction of sp³-hybridized carbons (Fsp3) is 0.133. The van der Waals surface area contributed by atoms with E-state index in [-0.39, 0.29) is 18.0 Å². The fourth-order valence-corrected chi connectivity index (χ4v) is 2.59. The highest BCUT2D eigenvalue weighted by atomic mass is 79.9. The molecule has 2 aromatic rings. The van der Waals surface area contributed by atoms with Gasteiger partial charge in [0, 0.05) is 10.9 Å². The number of rotatable bonds is 4. The molecule has 0 saturated carbocycles. The molecule has 20 heavy (non-hydrogen) atoms. The van der Waals surface area contributed by atoms with Gasteiger partial charge in [-0.05, 0) is 45.8 Å². The minimum atomic E-state index is -0.377. The summed E-state index contributed by atoms with van der Waals surface area (Å²) in [4.78, 5) is 12.3. The van der Waals surface area contributed by atoms with Crippen molar-refractivity contribution in [3.05, 3.63) is 62.3 Å². The summed E-state index contributed by atoms with van der Waals surface area (Å²) in [5.41, 5.74) is 1.09. The predicted octanol–water partition coefficient (Wildman–Crippen LogP) is 4.78. The molecule has 0 aliphatic heterocycles. The molecule has 5 heteroatoms. The van der Waals surface area contributed by atoms with Crippen LogP contribution in [-0.2, 0) is 6.42 Å². The van der Waals surface area contributed by atoms with E-state index in [2.05, 4.69) is 31.9 Å². The molecule has 104 valence electrons. The van der Waals surface area contributed by atoms with Crippen LogP contribution in [0.4, 0.5) is 4.39 Å². The molecule has 0 saturated heterocycles. The molecule has 0 bridgehead atoms. The number of ether oxygens (including phenoxy) is 1. The average molecular weight is 402 g/mol. The van der Waals surface area contributed by atoms with Crippen molar-refractivity contribution in [1.82, 2.24) is 0 Å². The van der Waals surface area contributed by atoms with Gasteiger partial charge in [-0.3, -0.25) is 4.79 Å². The molecule has 0 aromatic heterocycles. The van der Waals surface area contributed by atoms with E-state index in [0.29, 0.717) is 21.3 Å². The Bertz CT molecular complexity index is 656. The lowest BCUT2D eigenvalue weighted by Gasteiger charge is -2.09. The van der Waals surface area contributed by atoms with Gasteiger partial charge >= 0.3 is 0 Å². The van der Waals surface area contributed by atoms with Crippen LogP contribution in [0.2, 0.25) is 0 Å². The molecule has 2 aromatic carbocycles. The minimum Gasteiger partial charge on any atom is -0.496 e. The van der Waals surface area contributed by atoms with E-state index in [0.717, 1.165) is 4.47 Å². The van der Waals surface area contributed by atoms with Crippen molar-refractivity contribution in [2.45, 2.75) is 6.42 Å². The van der Waals surface area contributed by atoms with Crippen LogP contribution in [0.3, 0.4) is 0 Å². The smallest absolute Gasteiger partial charge is 0.170 e. The first-order chi connectivity index (χ1) is 9.52. The summed E-state index contributed by atoms with van der Waals surface area (Å²) in [5.74, 6) is -0.00405. The van der Waals surface area contributed by atoms with Gasteiger partial charge in [-0.1, -0.05) is 28.1 Å². The van der Waals surface area contributed by atoms with Gasteiger partial charge in [0.1, 0.15) is 11.6 Å². The first-order valence-electron chi connectivity index (χ1n) is 5.82. The van der Waals surface area contributed by atoms with Gasteiger partial charge in [0.2, 0.25) is 0 Å². The van der Waals surface area contributed by atoms with Gasteiger partial charge in [-0.25, -0.2) is 4.39 Å². The third kappa shape index (κ3) is 3.27. The maximum Gasteiger partial charge on any atom is 0.170 e. The molecule has 0 N–H and O–H groups in total. The predicted molar refractivity (Wildman–Crippen MR) is 82.8 cm³/mol. The highest BCUT2D eigenvalue weighted by Crippen LogP contribution is 2.27. The molecule has 2 rings (SSSR count). The van der Waals surface area contributed by atoms with Crippen LogP contribution in [-0.4, -0.2) is 12.9 Å². The molecule has 0 radical (unpaired) electrons. The third-order valence-corrected chi connectivity index (χ3v) is 4.23. The number of ketones is 1. The Kier molecular flexibility index (Phi) is 4.94. The van der Waals surface area contributed by atoms with Crippen molar-refractivity contribution in [3.63, 3.8) is 0 Å². The molecular weight excluding hydrogens is 391 g/mol. The van der Waals surface area contributed by atoms with Crippen LogP contribution in [0.25, 0.3) is 0 Å². The third-order valence-electron chi connectivity index (χ3n) is 2.85. The summed E-state index contributed by atoms with van der Waals surface area (Å²) in [6.45, 7) is 0. The SMILES string of the molecule is COc1cc(Br)ccc1C(=O)Cc1cccc(F)c1Br. The van der Waals surface area contributed by atoms with Crippen molar-refractivity contribution in [2.75, 3.05) is 7.11 Å². The van der Waals surface area contributed by atoms with E-state index in [1.165, 1.54) is 13.2 Å². The lowest BCUT2D eigenvalue weighted by atomic mass is 10.0. The molecule has 0 heterocycles. The second-order valence-corrected chi connectivity index (χ2v) is 5.87. The number of hydrogen-bond donors (Lipinski definition) is 0. The molecule has 0 aliphatic carbocycles. The number of methoxy groups -OCH3 is 1. The number of halogens is 3. The molecular formula is C15H11Br2FO2. The molecule has 0 aliphatic rings. The summed E-state index contributed by atoms with van der Waals surface area (Å²) in [7, 11) is 1.51. The number of Topliss-reactive ketones (excluding diaryl/α,β-unsaturated/α-hetero) is 1. The Morgan fingerprint density at radius 2 is 2.00 bits per heavy atom. The lowest BCUT2D eigenvalue weighted by molar-refractivity contribution is 0.0990. The maximum absolute atomic E-state index is 13.4. The molecule has 0 atom stereocenters. The standard InChI is InChI=1S/C15H11Br2FO2/c1-20-14-8-10(16)5-6-11(14)13(19)7-9-3-2-4-12(18)15(9)17/h2-6,8H,7H2,1H3. The van der Waals surface area contributed by atoms with Crippen LogP contribution < -0.4 is 4.74 Å². The Balaban J connectivity index is 2.31. The second-order valence-electron chi connectivity index (χ2n) is 4.16. The van der Waals surface area contributed by atoms with Crippen molar-refractivity contribution >= 4 is 37.6 Å². The van der Waals surface area contributed by atoms with Crippen LogP contribution in [0.5, 0.6) is 5.75 Å². The molecule has 0 fully saturated rings. The van der Waals surface area contributed by atoms with E-state index in [4.69, 9.17) is 4.74 Å². The van der Waals surface area contributed by atoms with Gasteiger partial charge in [0.05, 0.1) is 17.1 Å². The number of carbonyl (C=O) groups excluding carboxylic acids is 1. The lowest BCUT2D eigenvalue weighted by Crippen LogP contribution is -2.06. The Morgan fingerprint density at radius 1 is 1.25 bits per heavy atom. The average Bonchev–Trinajstić information content (AvgIpc) is 2.43. The van der Waals surface area contributed by atoms with Gasteiger partial charge in [-0.2, -0.15) is 0 Å².